The molecule has 1 unspecified atom stereocenters. The van der Waals surface area contributed by atoms with Gasteiger partial charge in [0.05, 0.1) is 0 Å². The molecule has 0 radical (unpaired) electrons. The Balaban J connectivity index is 2.30. The van der Waals surface area contributed by atoms with Crippen molar-refractivity contribution < 1.29 is 0 Å². The molecular formula is C20H27N. The van der Waals surface area contributed by atoms with Crippen molar-refractivity contribution in [2.75, 3.05) is 6.54 Å². The fraction of sp³-hybridized carbons (Fsp3) is 0.400. The predicted molar refractivity (Wildman–Crippen MR) is 92.6 cm³/mol. The van der Waals surface area contributed by atoms with Crippen LogP contribution in [0, 0.1) is 0 Å². The average molecular weight is 281 g/mol. The molecule has 0 aromatic heterocycles. The molecule has 0 spiro atoms. The van der Waals surface area contributed by atoms with Crippen LogP contribution in [-0.4, -0.2) is 6.54 Å². The molecule has 21 heavy (non-hydrogen) atoms. The van der Waals surface area contributed by atoms with E-state index in [0.29, 0.717) is 6.04 Å². The molecule has 2 aromatic carbocycles. The van der Waals surface area contributed by atoms with E-state index >= 15 is 0 Å². The van der Waals surface area contributed by atoms with Crippen LogP contribution in [-0.2, 0) is 6.42 Å². The molecule has 0 heterocycles. The van der Waals surface area contributed by atoms with Crippen molar-refractivity contribution in [1.29, 1.82) is 0 Å². The van der Waals surface area contributed by atoms with Crippen LogP contribution in [0.5, 0.6) is 0 Å². The molecule has 0 bridgehead atoms. The maximum absolute atomic E-state index is 3.56. The van der Waals surface area contributed by atoms with Gasteiger partial charge in [-0.2, -0.15) is 0 Å². The number of hydrogen-bond acceptors (Lipinski definition) is 1. The van der Waals surface area contributed by atoms with E-state index < -0.39 is 0 Å². The highest BCUT2D eigenvalue weighted by atomic mass is 14.9. The maximum Gasteiger partial charge on any atom is 0.0317 e. The summed E-state index contributed by atoms with van der Waals surface area (Å²) in [5.74, 6) is 0. The zero-order valence-corrected chi connectivity index (χ0v) is 13.5. The third-order valence-electron chi connectivity index (χ3n) is 3.95. The largest absolute Gasteiger partial charge is 0.310 e. The molecule has 1 nitrogen and oxygen atoms in total. The van der Waals surface area contributed by atoms with E-state index in [1.165, 1.54) is 28.7 Å². The monoisotopic (exact) mass is 281 g/mol. The molecule has 0 saturated carbocycles. The maximum atomic E-state index is 3.56. The highest BCUT2D eigenvalue weighted by Crippen LogP contribution is 2.25. The molecule has 0 aliphatic heterocycles. The quantitative estimate of drug-likeness (QED) is 0.719. The molecule has 112 valence electrons. The van der Waals surface area contributed by atoms with Gasteiger partial charge in [-0.1, -0.05) is 69.7 Å². The zero-order valence-electron chi connectivity index (χ0n) is 13.5. The number of aryl methyl sites for hydroxylation is 1. The first-order valence-corrected chi connectivity index (χ1v) is 8.21. The van der Waals surface area contributed by atoms with Crippen molar-refractivity contribution in [3.63, 3.8) is 0 Å². The van der Waals surface area contributed by atoms with Crippen LogP contribution in [0.25, 0.3) is 11.1 Å². The van der Waals surface area contributed by atoms with Crippen LogP contribution < -0.4 is 5.32 Å². The van der Waals surface area contributed by atoms with Gasteiger partial charge in [0.15, 0.2) is 0 Å². The Labute approximate surface area is 129 Å². The van der Waals surface area contributed by atoms with Crippen LogP contribution in [0.1, 0.15) is 50.8 Å². The van der Waals surface area contributed by atoms with E-state index in [1.54, 1.807) is 0 Å². The van der Waals surface area contributed by atoms with Gasteiger partial charge in [0, 0.05) is 6.04 Å². The van der Waals surface area contributed by atoms with Gasteiger partial charge in [-0.25, -0.2) is 0 Å². The van der Waals surface area contributed by atoms with Gasteiger partial charge in [0.2, 0.25) is 0 Å². The third kappa shape index (κ3) is 4.18. The fourth-order valence-electron chi connectivity index (χ4n) is 2.87. The Morgan fingerprint density at radius 3 is 2.29 bits per heavy atom. The Morgan fingerprint density at radius 1 is 0.905 bits per heavy atom. The van der Waals surface area contributed by atoms with Crippen LogP contribution in [0.3, 0.4) is 0 Å². The van der Waals surface area contributed by atoms with Gasteiger partial charge in [0.1, 0.15) is 0 Å². The second-order valence-electron chi connectivity index (χ2n) is 5.59. The van der Waals surface area contributed by atoms with Gasteiger partial charge in [-0.15, -0.1) is 0 Å². The first-order valence-electron chi connectivity index (χ1n) is 8.21. The first-order chi connectivity index (χ1) is 10.3. The number of nitrogens with one attached hydrogen (secondary N) is 1. The lowest BCUT2D eigenvalue weighted by Crippen LogP contribution is -2.19. The summed E-state index contributed by atoms with van der Waals surface area (Å²) in [5.41, 5.74) is 5.47. The van der Waals surface area contributed by atoms with E-state index in [4.69, 9.17) is 0 Å². The topological polar surface area (TPSA) is 12.0 Å². The number of benzene rings is 2. The third-order valence-corrected chi connectivity index (χ3v) is 3.95. The molecule has 1 atom stereocenters. The summed E-state index contributed by atoms with van der Waals surface area (Å²) >= 11 is 0. The molecule has 0 fully saturated rings. The Morgan fingerprint density at radius 2 is 1.62 bits per heavy atom. The highest BCUT2D eigenvalue weighted by molar-refractivity contribution is 5.65. The Kier molecular flexibility index (Phi) is 6.01. The fourth-order valence-corrected chi connectivity index (χ4v) is 2.87. The minimum absolute atomic E-state index is 0.453. The van der Waals surface area contributed by atoms with Gasteiger partial charge >= 0.3 is 0 Å². The molecule has 1 heteroatoms. The summed E-state index contributed by atoms with van der Waals surface area (Å²) in [6.07, 6.45) is 3.47. The number of hydrogen-bond donors (Lipinski definition) is 1. The van der Waals surface area contributed by atoms with Crippen LogP contribution in [0.4, 0.5) is 0 Å². The Hall–Kier alpha value is -1.60. The van der Waals surface area contributed by atoms with Crippen molar-refractivity contribution in [3.05, 3.63) is 59.7 Å². The summed E-state index contributed by atoms with van der Waals surface area (Å²) < 4.78 is 0. The lowest BCUT2D eigenvalue weighted by molar-refractivity contribution is 0.537. The van der Waals surface area contributed by atoms with Crippen LogP contribution >= 0.6 is 0 Å². The molecule has 0 saturated heterocycles. The normalized spacial score (nSPS) is 12.3. The standard InChI is InChI=1S/C20H27N/c1-4-9-16-10-7-11-17(14-16)18-12-8-13-19(15-18)20(5-2)21-6-3/h7-8,10-15,20-21H,4-6,9H2,1-3H3. The molecule has 2 aromatic rings. The van der Waals surface area contributed by atoms with Crippen molar-refractivity contribution in [3.8, 4) is 11.1 Å². The van der Waals surface area contributed by atoms with Crippen LogP contribution in [0.2, 0.25) is 0 Å². The summed E-state index contributed by atoms with van der Waals surface area (Å²) in [5, 5.41) is 3.56. The highest BCUT2D eigenvalue weighted by Gasteiger charge is 2.08. The average Bonchev–Trinajstić information content (AvgIpc) is 2.53. The zero-order chi connectivity index (χ0) is 15.1. The van der Waals surface area contributed by atoms with E-state index in [0.717, 1.165) is 19.4 Å². The summed E-state index contributed by atoms with van der Waals surface area (Å²) in [6, 6.07) is 18.4. The smallest absolute Gasteiger partial charge is 0.0317 e. The lowest BCUT2D eigenvalue weighted by atomic mass is 9.96. The minimum atomic E-state index is 0.453. The van der Waals surface area contributed by atoms with Gasteiger partial charge in [-0.05, 0) is 47.7 Å². The molecule has 1 N–H and O–H groups in total. The molecule has 0 aliphatic rings. The first kappa shape index (κ1) is 15.8. The Bertz CT molecular complexity index is 559. The van der Waals surface area contributed by atoms with Crippen molar-refractivity contribution in [2.24, 2.45) is 0 Å². The summed E-state index contributed by atoms with van der Waals surface area (Å²) in [4.78, 5) is 0. The predicted octanol–water partition coefficient (Wildman–Crippen LogP) is 5.37. The van der Waals surface area contributed by atoms with E-state index in [2.05, 4.69) is 74.6 Å². The second kappa shape index (κ2) is 7.99. The SMILES string of the molecule is CCCc1cccc(-c2cccc(C(CC)NCC)c2)c1. The van der Waals surface area contributed by atoms with Crippen molar-refractivity contribution >= 4 is 0 Å². The number of rotatable bonds is 7. The molecule has 0 amide bonds. The summed E-state index contributed by atoms with van der Waals surface area (Å²) in [6.45, 7) is 7.65. The summed E-state index contributed by atoms with van der Waals surface area (Å²) in [7, 11) is 0. The molecule has 2 rings (SSSR count). The van der Waals surface area contributed by atoms with E-state index in [1.807, 2.05) is 0 Å². The van der Waals surface area contributed by atoms with E-state index in [-0.39, 0.29) is 0 Å². The van der Waals surface area contributed by atoms with Gasteiger partial charge in [0.25, 0.3) is 0 Å². The van der Waals surface area contributed by atoms with Gasteiger partial charge < -0.3 is 5.32 Å². The molecular weight excluding hydrogens is 254 g/mol. The minimum Gasteiger partial charge on any atom is -0.310 e. The van der Waals surface area contributed by atoms with Crippen molar-refractivity contribution in [2.45, 2.75) is 46.1 Å². The van der Waals surface area contributed by atoms with E-state index in [9.17, 15) is 0 Å². The lowest BCUT2D eigenvalue weighted by Gasteiger charge is -2.17. The van der Waals surface area contributed by atoms with Crippen molar-refractivity contribution in [1.82, 2.24) is 5.32 Å². The van der Waals surface area contributed by atoms with Crippen LogP contribution in [0.15, 0.2) is 48.5 Å². The second-order valence-corrected chi connectivity index (χ2v) is 5.59. The van der Waals surface area contributed by atoms with Gasteiger partial charge in [-0.3, -0.25) is 0 Å². The molecule has 0 aliphatic carbocycles.